The minimum atomic E-state index is -0.197. The van der Waals surface area contributed by atoms with E-state index >= 15 is 0 Å². The van der Waals surface area contributed by atoms with Crippen LogP contribution in [0.3, 0.4) is 0 Å². The zero-order chi connectivity index (χ0) is 59.9. The monoisotopic (exact) mass is 1150 g/mol. The van der Waals surface area contributed by atoms with Gasteiger partial charge in [0.05, 0.1) is 11.4 Å². The Morgan fingerprint density at radius 2 is 0.473 bits per heavy atom. The van der Waals surface area contributed by atoms with Gasteiger partial charge in [-0.2, -0.15) is 0 Å². The Morgan fingerprint density at radius 3 is 0.802 bits per heavy atom. The van der Waals surface area contributed by atoms with Crippen LogP contribution in [-0.2, 0) is 0 Å². The number of hydrogen-bond donors (Lipinski definition) is 0. The Hall–Kier alpha value is -11.8. The molecular weight excluding hydrogens is 1100 g/mol. The van der Waals surface area contributed by atoms with Crippen LogP contribution in [0.1, 0.15) is 0 Å². The normalized spacial score (nSPS) is 12.3. The second-order valence-corrected chi connectivity index (χ2v) is 24.3. The molecule has 4 heteroatoms. The first-order valence-corrected chi connectivity index (χ1v) is 31.4. The maximum Gasteiger partial charge on any atom is 0.252 e. The van der Waals surface area contributed by atoms with Gasteiger partial charge in [0.2, 0.25) is 0 Å². The molecule has 3 heterocycles. The summed E-state index contributed by atoms with van der Waals surface area (Å²) in [5.41, 5.74) is 25.7. The zero-order valence-corrected chi connectivity index (χ0v) is 49.8. The summed E-state index contributed by atoms with van der Waals surface area (Å²) in [6.45, 7) is -0.197. The molecule has 422 valence electrons. The third kappa shape index (κ3) is 9.18. The topological polar surface area (TPSA) is 19.4 Å². The highest BCUT2D eigenvalue weighted by molar-refractivity contribution is 7.00. The summed E-state index contributed by atoms with van der Waals surface area (Å²) < 4.78 is 0. The van der Waals surface area contributed by atoms with E-state index in [0.717, 1.165) is 112 Å². The smallest absolute Gasteiger partial charge is 0.252 e. The van der Waals surface area contributed by atoms with Gasteiger partial charge in [0.25, 0.3) is 6.71 Å². The molecule has 0 fully saturated rings. The maximum absolute atomic E-state index is 5.47. The third-order valence-corrected chi connectivity index (χ3v) is 18.8. The van der Waals surface area contributed by atoms with Crippen LogP contribution in [0.2, 0.25) is 0 Å². The summed E-state index contributed by atoms with van der Waals surface area (Å²) in [7, 11) is 0. The Morgan fingerprint density at radius 1 is 0.198 bits per heavy atom. The lowest BCUT2D eigenvalue weighted by molar-refractivity contribution is 1.26. The molecule has 0 saturated carbocycles. The maximum atomic E-state index is 5.47. The lowest BCUT2D eigenvalue weighted by atomic mass is 9.33. The van der Waals surface area contributed by atoms with Gasteiger partial charge < -0.3 is 9.80 Å². The number of nitrogens with zero attached hydrogens (tertiary/aromatic N) is 3. The van der Waals surface area contributed by atoms with Crippen LogP contribution in [-0.4, -0.2) is 11.7 Å². The van der Waals surface area contributed by atoms with Gasteiger partial charge in [0, 0.05) is 45.3 Å². The van der Waals surface area contributed by atoms with Gasteiger partial charge in [-0.25, -0.2) is 4.98 Å². The molecule has 0 spiro atoms. The van der Waals surface area contributed by atoms with E-state index < -0.39 is 0 Å². The molecule has 18 rings (SSSR count). The number of pyridine rings is 1. The van der Waals surface area contributed by atoms with E-state index in [-0.39, 0.29) is 6.71 Å². The summed E-state index contributed by atoms with van der Waals surface area (Å²) in [5.74, 6) is 0. The standard InChI is InChI=1S/C87H56BN3/c1-7-23-57(24-8-1)67-43-68(58-25-9-2-10-26-58)46-77(45-67)90-83-53-73-41-65-37-21-19-35-63(65)39-71(73)49-79(83)88-80-50-72-40-64-36-20-22-38-66(64)42-74(72)54-84(80)91(78-47-69(59-27-11-3-12-28-59)44-70(48-78)60-29-13-4-14-30-60)86-56-76(55-85(90)87(86)88)75-51-81(61-31-15-5-16-32-61)89-82(52-75)62-33-17-6-18-34-62/h1-56H. The van der Waals surface area contributed by atoms with Crippen molar-refractivity contribution in [3.05, 3.63) is 340 Å². The highest BCUT2D eigenvalue weighted by Crippen LogP contribution is 2.50. The fraction of sp³-hybridized carbons (Fsp3) is 0. The molecular formula is C87H56BN3. The first-order valence-electron chi connectivity index (χ1n) is 31.4. The van der Waals surface area contributed by atoms with E-state index in [2.05, 4.69) is 350 Å². The van der Waals surface area contributed by atoms with Crippen molar-refractivity contribution in [1.29, 1.82) is 0 Å². The predicted molar refractivity (Wildman–Crippen MR) is 386 cm³/mol. The molecule has 1 aromatic heterocycles. The largest absolute Gasteiger partial charge is 0.311 e. The zero-order valence-electron chi connectivity index (χ0n) is 49.8. The van der Waals surface area contributed by atoms with Crippen molar-refractivity contribution in [2.75, 3.05) is 9.80 Å². The molecule has 0 saturated heterocycles. The number of hydrogen-bond acceptors (Lipinski definition) is 3. The summed E-state index contributed by atoms with van der Waals surface area (Å²) in [6, 6.07) is 126. The molecule has 2 aliphatic heterocycles. The van der Waals surface area contributed by atoms with Gasteiger partial charge in [0.1, 0.15) is 0 Å². The van der Waals surface area contributed by atoms with Crippen molar-refractivity contribution in [3.63, 3.8) is 0 Å². The number of aromatic nitrogens is 1. The van der Waals surface area contributed by atoms with Gasteiger partial charge in [-0.05, 0) is 212 Å². The van der Waals surface area contributed by atoms with E-state index in [1.54, 1.807) is 0 Å². The number of anilines is 6. The van der Waals surface area contributed by atoms with Gasteiger partial charge in [-0.1, -0.05) is 243 Å². The Bertz CT molecular complexity index is 5070. The fourth-order valence-electron chi connectivity index (χ4n) is 14.5. The van der Waals surface area contributed by atoms with Crippen molar-refractivity contribution in [3.8, 4) is 78.1 Å². The van der Waals surface area contributed by atoms with Gasteiger partial charge >= 0.3 is 0 Å². The van der Waals surface area contributed by atoms with Crippen LogP contribution < -0.4 is 26.2 Å². The average Bonchev–Trinajstić information content (AvgIpc) is 0.721. The highest BCUT2D eigenvalue weighted by atomic mass is 15.2. The molecule has 0 atom stereocenters. The summed E-state index contributed by atoms with van der Waals surface area (Å²) in [6.07, 6.45) is 0. The van der Waals surface area contributed by atoms with Crippen molar-refractivity contribution in [2.24, 2.45) is 0 Å². The molecule has 0 aliphatic carbocycles. The average molecular weight is 1150 g/mol. The molecule has 16 aromatic rings. The van der Waals surface area contributed by atoms with Gasteiger partial charge in [-0.3, -0.25) is 0 Å². The second-order valence-electron chi connectivity index (χ2n) is 24.3. The summed E-state index contributed by atoms with van der Waals surface area (Å²) in [4.78, 5) is 10.7. The lowest BCUT2D eigenvalue weighted by Crippen LogP contribution is -2.61. The minimum Gasteiger partial charge on any atom is -0.311 e. The Balaban J connectivity index is 1.01. The minimum absolute atomic E-state index is 0.197. The molecule has 0 amide bonds. The molecule has 2 aliphatic rings. The van der Waals surface area contributed by atoms with Gasteiger partial charge in [0.15, 0.2) is 0 Å². The molecule has 3 nitrogen and oxygen atoms in total. The molecule has 0 radical (unpaired) electrons. The number of benzene rings is 15. The highest BCUT2D eigenvalue weighted by Gasteiger charge is 2.44. The van der Waals surface area contributed by atoms with Crippen LogP contribution >= 0.6 is 0 Å². The lowest BCUT2D eigenvalue weighted by Gasteiger charge is -2.45. The third-order valence-electron chi connectivity index (χ3n) is 18.8. The van der Waals surface area contributed by atoms with E-state index in [9.17, 15) is 0 Å². The second kappa shape index (κ2) is 21.5. The van der Waals surface area contributed by atoms with Crippen LogP contribution in [0.4, 0.5) is 34.1 Å². The summed E-state index contributed by atoms with van der Waals surface area (Å²) >= 11 is 0. The van der Waals surface area contributed by atoms with E-state index in [1.807, 2.05) is 0 Å². The number of fused-ring (bicyclic) bond motifs is 8. The fourth-order valence-corrected chi connectivity index (χ4v) is 14.5. The van der Waals surface area contributed by atoms with Crippen molar-refractivity contribution in [1.82, 2.24) is 4.98 Å². The molecule has 0 N–H and O–H groups in total. The molecule has 91 heavy (non-hydrogen) atoms. The van der Waals surface area contributed by atoms with E-state index in [1.165, 1.54) is 59.5 Å². The molecule has 0 unspecified atom stereocenters. The van der Waals surface area contributed by atoms with Crippen LogP contribution in [0, 0.1) is 0 Å². The summed E-state index contributed by atoms with van der Waals surface area (Å²) in [5, 5.41) is 9.66. The SMILES string of the molecule is c1ccc(-c2cc(-c3ccccc3)cc(N3c4cc5cc6ccccc6cc5cc4B4c5cc6cc7ccccc7cc6cc5N(c5cc(-c6ccccc6)cc(-c6ccccc6)c5)c5cc(-c6cc(-c7ccccc7)nc(-c7ccccc7)c6)cc3c54)c2)cc1. The Kier molecular flexibility index (Phi) is 12.3. The van der Waals surface area contributed by atoms with Crippen molar-refractivity contribution < 1.29 is 0 Å². The van der Waals surface area contributed by atoms with Crippen molar-refractivity contribution in [2.45, 2.75) is 0 Å². The van der Waals surface area contributed by atoms with Crippen LogP contribution in [0.25, 0.3) is 121 Å². The first kappa shape index (κ1) is 52.3. The van der Waals surface area contributed by atoms with Crippen LogP contribution in [0.5, 0.6) is 0 Å². The first-order chi connectivity index (χ1) is 45.0. The number of rotatable bonds is 9. The van der Waals surface area contributed by atoms with Crippen LogP contribution in [0.15, 0.2) is 340 Å². The molecule has 15 aromatic carbocycles. The van der Waals surface area contributed by atoms with E-state index in [0.29, 0.717) is 0 Å². The van der Waals surface area contributed by atoms with Crippen molar-refractivity contribution >= 4 is 100 Å². The molecule has 0 bridgehead atoms. The quantitative estimate of drug-likeness (QED) is 0.106. The van der Waals surface area contributed by atoms with Gasteiger partial charge in [-0.15, -0.1) is 0 Å². The predicted octanol–water partition coefficient (Wildman–Crippen LogP) is 21.4. The Labute approximate surface area is 529 Å². The van der Waals surface area contributed by atoms with E-state index in [4.69, 9.17) is 4.98 Å².